The number of benzene rings is 2. The van der Waals surface area contributed by atoms with E-state index in [9.17, 15) is 14.7 Å². The predicted molar refractivity (Wildman–Crippen MR) is 138 cm³/mol. The van der Waals surface area contributed by atoms with Crippen molar-refractivity contribution in [2.45, 2.75) is 57.2 Å². The molecule has 0 spiro atoms. The Bertz CT molecular complexity index is 1180. The predicted octanol–water partition coefficient (Wildman–Crippen LogP) is 5.37. The Balaban J connectivity index is 1.29. The van der Waals surface area contributed by atoms with Gasteiger partial charge in [0.25, 0.3) is 0 Å². The van der Waals surface area contributed by atoms with Crippen molar-refractivity contribution in [1.82, 2.24) is 4.90 Å². The second kappa shape index (κ2) is 11.9. The Morgan fingerprint density at radius 1 is 1.23 bits per heavy atom. The maximum atomic E-state index is 12.6. The largest absolute Gasteiger partial charge is 0.482 e. The van der Waals surface area contributed by atoms with Gasteiger partial charge in [-0.3, -0.25) is 4.79 Å². The Morgan fingerprint density at radius 3 is 2.86 bits per heavy atom. The number of amides is 1. The van der Waals surface area contributed by atoms with Gasteiger partial charge in [0.05, 0.1) is 18.2 Å². The van der Waals surface area contributed by atoms with Gasteiger partial charge in [-0.2, -0.15) is 0 Å². The molecule has 2 atom stereocenters. The topological polar surface area (TPSA) is 76.1 Å². The molecule has 8 heteroatoms. The third-order valence-electron chi connectivity index (χ3n) is 6.43. The summed E-state index contributed by atoms with van der Waals surface area (Å²) in [7, 11) is 1.32. The quantitative estimate of drug-likeness (QED) is 0.347. The number of aliphatic hydroxyl groups excluding tert-OH is 1. The number of likely N-dealkylation sites (tertiary alicyclic amines) is 1. The summed E-state index contributed by atoms with van der Waals surface area (Å²) in [6, 6.07) is 15.6. The molecule has 0 radical (unpaired) electrons. The molecule has 1 aromatic heterocycles. The first kappa shape index (κ1) is 25.5. The number of hydrogen-bond acceptors (Lipinski definition) is 6. The van der Waals surface area contributed by atoms with Crippen molar-refractivity contribution < 1.29 is 24.2 Å². The zero-order valence-electron chi connectivity index (χ0n) is 19.7. The molecule has 186 valence electrons. The zero-order chi connectivity index (χ0) is 24.8. The lowest BCUT2D eigenvalue weighted by Crippen LogP contribution is -2.33. The highest BCUT2D eigenvalue weighted by molar-refractivity contribution is 7.19. The number of rotatable bonds is 11. The van der Waals surface area contributed by atoms with Crippen LogP contribution in [0, 0.1) is 0 Å². The molecule has 1 saturated heterocycles. The lowest BCUT2D eigenvalue weighted by atomic mass is 10.0. The normalized spacial score (nSPS) is 16.6. The van der Waals surface area contributed by atoms with Gasteiger partial charge in [0.2, 0.25) is 5.91 Å². The van der Waals surface area contributed by atoms with Gasteiger partial charge in [-0.15, -0.1) is 11.3 Å². The highest BCUT2D eigenvalue weighted by Gasteiger charge is 2.31. The summed E-state index contributed by atoms with van der Waals surface area (Å²) in [5.74, 6) is 0.243. The fraction of sp³-hybridized carbons (Fsp3) is 0.407. The highest BCUT2D eigenvalue weighted by atomic mass is 35.5. The Kier molecular flexibility index (Phi) is 8.65. The minimum Gasteiger partial charge on any atom is -0.482 e. The molecule has 1 N–H and O–H groups in total. The molecule has 1 aliphatic heterocycles. The number of hydrogen-bond donors (Lipinski definition) is 1. The summed E-state index contributed by atoms with van der Waals surface area (Å²) in [6.07, 6.45) is 3.66. The third-order valence-corrected chi connectivity index (χ3v) is 8.20. The Labute approximate surface area is 214 Å². The molecule has 1 amide bonds. The van der Waals surface area contributed by atoms with E-state index >= 15 is 0 Å². The number of thiophene rings is 1. The molecule has 0 saturated carbocycles. The lowest BCUT2D eigenvalue weighted by Gasteiger charge is -2.26. The molecule has 0 aliphatic carbocycles. The fourth-order valence-corrected chi connectivity index (χ4v) is 6.04. The van der Waals surface area contributed by atoms with Gasteiger partial charge in [-0.05, 0) is 55.9 Å². The number of carbonyl (C=O) groups excluding carboxylic acids is 2. The van der Waals surface area contributed by atoms with Crippen LogP contribution in [0.5, 0.6) is 5.75 Å². The van der Waals surface area contributed by atoms with E-state index in [4.69, 9.17) is 16.3 Å². The van der Waals surface area contributed by atoms with Crippen LogP contribution in [0.4, 0.5) is 0 Å². The van der Waals surface area contributed by atoms with E-state index < -0.39 is 12.1 Å². The summed E-state index contributed by atoms with van der Waals surface area (Å²) in [5.41, 5.74) is 0.938. The van der Waals surface area contributed by atoms with Crippen LogP contribution in [0.2, 0.25) is 5.02 Å². The van der Waals surface area contributed by atoms with Crippen molar-refractivity contribution >= 4 is 44.9 Å². The van der Waals surface area contributed by atoms with E-state index in [0.29, 0.717) is 31.6 Å². The van der Waals surface area contributed by atoms with Gasteiger partial charge in [0.15, 0.2) is 6.61 Å². The maximum Gasteiger partial charge on any atom is 0.343 e. The van der Waals surface area contributed by atoms with Gasteiger partial charge in [-0.1, -0.05) is 41.9 Å². The van der Waals surface area contributed by atoms with Crippen molar-refractivity contribution in [2.24, 2.45) is 0 Å². The molecule has 35 heavy (non-hydrogen) atoms. The van der Waals surface area contributed by atoms with E-state index in [-0.39, 0.29) is 18.6 Å². The van der Waals surface area contributed by atoms with Crippen LogP contribution in [0.25, 0.3) is 10.1 Å². The van der Waals surface area contributed by atoms with Crippen LogP contribution < -0.4 is 4.74 Å². The first-order chi connectivity index (χ1) is 16.9. The number of halogens is 1. The summed E-state index contributed by atoms with van der Waals surface area (Å²) in [4.78, 5) is 26.9. The number of methoxy groups -OCH3 is 1. The number of fused-ring (bicyclic) bond motifs is 1. The first-order valence-corrected chi connectivity index (χ1v) is 13.1. The van der Waals surface area contributed by atoms with Gasteiger partial charge in [0, 0.05) is 34.0 Å². The molecule has 6 nitrogen and oxygen atoms in total. The van der Waals surface area contributed by atoms with Crippen molar-refractivity contribution in [3.05, 3.63) is 64.0 Å². The van der Waals surface area contributed by atoms with E-state index in [1.54, 1.807) is 17.4 Å². The third kappa shape index (κ3) is 6.54. The van der Waals surface area contributed by atoms with Crippen LogP contribution in [0.3, 0.4) is 0 Å². The number of esters is 1. The molecule has 1 fully saturated rings. The molecule has 1 aliphatic rings. The number of aryl methyl sites for hydroxylation is 1. The van der Waals surface area contributed by atoms with Gasteiger partial charge < -0.3 is 19.5 Å². The Hall–Kier alpha value is -2.61. The van der Waals surface area contributed by atoms with Crippen molar-refractivity contribution in [2.75, 3.05) is 13.7 Å². The summed E-state index contributed by atoms with van der Waals surface area (Å²) in [6.45, 7) is 0.322. The van der Waals surface area contributed by atoms with Crippen LogP contribution in [-0.2, 0) is 27.3 Å². The molecule has 0 bridgehead atoms. The van der Waals surface area contributed by atoms with Crippen molar-refractivity contribution in [1.29, 1.82) is 0 Å². The van der Waals surface area contributed by atoms with E-state index in [1.807, 2.05) is 41.3 Å². The Morgan fingerprint density at radius 2 is 2.06 bits per heavy atom. The molecular formula is C27H30ClNO5S. The molecule has 2 aromatic carbocycles. The zero-order valence-corrected chi connectivity index (χ0v) is 21.3. The SMILES string of the molecule is COC(=O)COc1cccc(CN2C(=O)CC[C@@H]2CCC(O)CCc2sc3ccccc3c2Cl)c1. The molecule has 3 aromatic rings. The molecule has 1 unspecified atom stereocenters. The van der Waals surface area contributed by atoms with E-state index in [1.165, 1.54) is 11.8 Å². The van der Waals surface area contributed by atoms with Crippen LogP contribution in [0.15, 0.2) is 48.5 Å². The van der Waals surface area contributed by atoms with Gasteiger partial charge in [-0.25, -0.2) is 4.79 Å². The monoisotopic (exact) mass is 515 g/mol. The molecule has 2 heterocycles. The minimum absolute atomic E-state index is 0.102. The van der Waals surface area contributed by atoms with Crippen molar-refractivity contribution in [3.8, 4) is 5.75 Å². The van der Waals surface area contributed by atoms with Crippen LogP contribution in [0.1, 0.15) is 42.5 Å². The minimum atomic E-state index is -0.446. The second-order valence-electron chi connectivity index (χ2n) is 8.83. The molecule has 4 rings (SSSR count). The summed E-state index contributed by atoms with van der Waals surface area (Å²) >= 11 is 8.23. The van der Waals surface area contributed by atoms with E-state index in [0.717, 1.165) is 40.1 Å². The van der Waals surface area contributed by atoms with E-state index in [2.05, 4.69) is 10.8 Å². The molecular weight excluding hydrogens is 486 g/mol. The number of aliphatic hydroxyl groups is 1. The second-order valence-corrected chi connectivity index (χ2v) is 10.3. The maximum absolute atomic E-state index is 12.6. The average Bonchev–Trinajstić information content (AvgIpc) is 3.39. The smallest absolute Gasteiger partial charge is 0.343 e. The van der Waals surface area contributed by atoms with Crippen LogP contribution >= 0.6 is 22.9 Å². The van der Waals surface area contributed by atoms with Crippen LogP contribution in [-0.4, -0.2) is 47.7 Å². The first-order valence-electron chi connectivity index (χ1n) is 11.9. The lowest BCUT2D eigenvalue weighted by molar-refractivity contribution is -0.142. The summed E-state index contributed by atoms with van der Waals surface area (Å²) < 4.78 is 11.2. The number of nitrogens with zero attached hydrogens (tertiary/aromatic N) is 1. The van der Waals surface area contributed by atoms with Gasteiger partial charge in [0.1, 0.15) is 5.75 Å². The van der Waals surface area contributed by atoms with Gasteiger partial charge >= 0.3 is 5.97 Å². The number of carbonyl (C=O) groups is 2. The summed E-state index contributed by atoms with van der Waals surface area (Å²) in [5, 5.41) is 12.5. The average molecular weight is 516 g/mol. The fourth-order valence-electron chi connectivity index (χ4n) is 4.49. The highest BCUT2D eigenvalue weighted by Crippen LogP contribution is 2.36. The standard InChI is InChI=1S/C27H30ClNO5S/c1-33-26(32)17-34-21-6-4-5-18(15-21)16-29-19(10-14-25(29)31)9-11-20(30)12-13-24-27(28)22-7-2-3-8-23(22)35-24/h2-8,15,19-20,30H,9-14,16-17H2,1H3/t19-,20?/m0/s1. The van der Waals surface area contributed by atoms with Crippen molar-refractivity contribution in [3.63, 3.8) is 0 Å². The number of ether oxygens (including phenoxy) is 2.